The average molecular weight is 489 g/mol. The number of allylic oxidation sites excluding steroid dienone is 1. The second kappa shape index (κ2) is 9.48. The molecule has 2 aliphatic heterocycles. The van der Waals surface area contributed by atoms with E-state index in [4.69, 9.17) is 28.0 Å². The number of likely N-dealkylation sites (tertiary alicyclic amines) is 1. The maximum Gasteiger partial charge on any atom is 0.387 e. The molecular weight excluding hydrogens is 458 g/mol. The normalized spacial score (nSPS) is 26.5. The number of hydrogen-bond donors (Lipinski definition) is 2. The maximum absolute atomic E-state index is 12.5. The van der Waals surface area contributed by atoms with Crippen molar-refractivity contribution in [2.75, 3.05) is 18.4 Å². The minimum Gasteiger partial charge on any atom is -0.435 e. The zero-order valence-corrected chi connectivity index (χ0v) is 20.0. The number of aromatic nitrogens is 3. The van der Waals surface area contributed by atoms with Crippen molar-refractivity contribution < 1.29 is 13.5 Å². The van der Waals surface area contributed by atoms with Gasteiger partial charge < -0.3 is 20.7 Å². The molecule has 1 aromatic heterocycles. The molecule has 2 aromatic rings. The summed E-state index contributed by atoms with van der Waals surface area (Å²) in [7, 11) is 0. The Bertz CT molecular complexity index is 1050. The molecule has 2 bridgehead atoms. The van der Waals surface area contributed by atoms with E-state index in [2.05, 4.69) is 15.0 Å². The third-order valence-electron chi connectivity index (χ3n) is 7.17. The van der Waals surface area contributed by atoms with Crippen LogP contribution in [0.5, 0.6) is 5.75 Å². The van der Waals surface area contributed by atoms with E-state index in [1.807, 2.05) is 29.8 Å². The summed E-state index contributed by atoms with van der Waals surface area (Å²) in [5.74, 6) is 2.82. The number of halogens is 2. The van der Waals surface area contributed by atoms with Crippen LogP contribution in [0.25, 0.3) is 0 Å². The largest absolute Gasteiger partial charge is 0.435 e. The van der Waals surface area contributed by atoms with Crippen LogP contribution in [0.4, 0.5) is 14.7 Å². The van der Waals surface area contributed by atoms with E-state index < -0.39 is 6.61 Å². The van der Waals surface area contributed by atoms with Gasteiger partial charge in [0.15, 0.2) is 0 Å². The summed E-state index contributed by atoms with van der Waals surface area (Å²) in [6, 6.07) is 7.20. The number of rotatable bonds is 6. The Hall–Kier alpha value is -2.75. The van der Waals surface area contributed by atoms with E-state index in [1.54, 1.807) is 12.1 Å². The molecule has 10 heteroatoms. The smallest absolute Gasteiger partial charge is 0.387 e. The zero-order chi connectivity index (χ0) is 23.8. The van der Waals surface area contributed by atoms with E-state index >= 15 is 0 Å². The van der Waals surface area contributed by atoms with Crippen molar-refractivity contribution in [3.63, 3.8) is 0 Å². The molecule has 0 radical (unpaired) electrons. The number of alkyl halides is 2. The second-order valence-corrected chi connectivity index (χ2v) is 9.98. The van der Waals surface area contributed by atoms with Crippen LogP contribution in [0.1, 0.15) is 49.9 Å². The summed E-state index contributed by atoms with van der Waals surface area (Å²) in [5, 5.41) is 8.42. The molecule has 3 heterocycles. The third kappa shape index (κ3) is 4.73. The maximum atomic E-state index is 12.5. The molecule has 3 unspecified atom stereocenters. The molecule has 7 nitrogen and oxygen atoms in total. The summed E-state index contributed by atoms with van der Waals surface area (Å²) >= 11 is 5.58. The van der Waals surface area contributed by atoms with Gasteiger partial charge in [0.05, 0.1) is 0 Å². The Labute approximate surface area is 203 Å². The molecule has 5 rings (SSSR count). The molecule has 3 N–H and O–H groups in total. The fourth-order valence-electron chi connectivity index (χ4n) is 5.68. The highest BCUT2D eigenvalue weighted by atomic mass is 32.1. The lowest BCUT2D eigenvalue weighted by molar-refractivity contribution is -0.0498. The highest BCUT2D eigenvalue weighted by molar-refractivity contribution is 7.80. The fourth-order valence-corrected chi connectivity index (χ4v) is 6.02. The topological polar surface area (TPSA) is 81.2 Å². The number of nitrogens with zero attached hydrogens (tertiary/aromatic N) is 4. The summed E-state index contributed by atoms with van der Waals surface area (Å²) in [4.78, 5) is 7.98. The number of ether oxygens (including phenoxy) is 1. The van der Waals surface area contributed by atoms with Crippen molar-refractivity contribution in [2.24, 2.45) is 17.6 Å². The molecule has 0 spiro atoms. The zero-order valence-electron chi connectivity index (χ0n) is 19.2. The van der Waals surface area contributed by atoms with Crippen LogP contribution in [0.2, 0.25) is 0 Å². The standard InChI is InChI=1S/C24H30F2N6OS/c1-14(27)11-20(34)31-12-16-4-5-17(13-31)21(16)28-24-29-22-19(3-2-10-32(22)30-24)15-6-8-18(9-7-15)33-23(25)26/h6-9,11,16-17,19,21,23H,2-5,10,12-13,27H2,1H3,(H,28,30)/t16-,17?,19?,21?/m0/s1. The molecule has 1 saturated carbocycles. The Morgan fingerprint density at radius 3 is 2.56 bits per heavy atom. The van der Waals surface area contributed by atoms with Crippen LogP contribution in [-0.2, 0) is 6.54 Å². The highest BCUT2D eigenvalue weighted by Crippen LogP contribution is 2.39. The number of nitrogens with two attached hydrogens (primary N) is 1. The van der Waals surface area contributed by atoms with Crippen LogP contribution >= 0.6 is 12.2 Å². The summed E-state index contributed by atoms with van der Waals surface area (Å²) in [5.41, 5.74) is 7.59. The van der Waals surface area contributed by atoms with Gasteiger partial charge in [-0.2, -0.15) is 13.8 Å². The van der Waals surface area contributed by atoms with Crippen molar-refractivity contribution in [1.29, 1.82) is 0 Å². The van der Waals surface area contributed by atoms with Crippen molar-refractivity contribution in [3.8, 4) is 5.75 Å². The monoisotopic (exact) mass is 488 g/mol. The van der Waals surface area contributed by atoms with Gasteiger partial charge in [0.2, 0.25) is 5.95 Å². The van der Waals surface area contributed by atoms with E-state index in [0.717, 1.165) is 67.4 Å². The first-order valence-electron chi connectivity index (χ1n) is 11.9. The van der Waals surface area contributed by atoms with E-state index in [0.29, 0.717) is 23.8 Å². The summed E-state index contributed by atoms with van der Waals surface area (Å²) < 4.78 is 31.4. The number of piperidine rings is 1. The Kier molecular flexibility index (Phi) is 6.42. The second-order valence-electron chi connectivity index (χ2n) is 9.56. The lowest BCUT2D eigenvalue weighted by Gasteiger charge is -2.39. The number of nitrogens with one attached hydrogen (secondary N) is 1. The Morgan fingerprint density at radius 1 is 1.21 bits per heavy atom. The lowest BCUT2D eigenvalue weighted by atomic mass is 9.91. The minimum atomic E-state index is -2.82. The molecule has 3 aliphatic rings. The Morgan fingerprint density at radius 2 is 1.91 bits per heavy atom. The molecule has 0 amide bonds. The van der Waals surface area contributed by atoms with Crippen molar-refractivity contribution in [2.45, 2.75) is 57.7 Å². The van der Waals surface area contributed by atoms with Crippen molar-refractivity contribution in [1.82, 2.24) is 19.7 Å². The number of anilines is 1. The van der Waals surface area contributed by atoms with Gasteiger partial charge >= 0.3 is 6.61 Å². The number of aryl methyl sites for hydroxylation is 1. The first kappa shape index (κ1) is 23.0. The highest BCUT2D eigenvalue weighted by Gasteiger charge is 2.43. The molecule has 1 saturated heterocycles. The van der Waals surface area contributed by atoms with Crippen LogP contribution < -0.4 is 15.8 Å². The van der Waals surface area contributed by atoms with Crippen LogP contribution in [0.3, 0.4) is 0 Å². The average Bonchev–Trinajstić information content (AvgIpc) is 3.29. The first-order chi connectivity index (χ1) is 16.4. The van der Waals surface area contributed by atoms with Crippen LogP contribution in [-0.4, -0.2) is 50.4 Å². The number of fused-ring (bicyclic) bond motifs is 3. The van der Waals surface area contributed by atoms with Gasteiger partial charge in [-0.15, -0.1) is 5.10 Å². The molecule has 182 valence electrons. The number of thiocarbonyl (C=S) groups is 1. The molecule has 4 atom stereocenters. The molecule has 34 heavy (non-hydrogen) atoms. The molecule has 1 aromatic carbocycles. The van der Waals surface area contributed by atoms with Gasteiger partial charge in [-0.05, 0) is 68.2 Å². The first-order valence-corrected chi connectivity index (χ1v) is 12.3. The van der Waals surface area contributed by atoms with Gasteiger partial charge in [0, 0.05) is 37.3 Å². The fraction of sp³-hybridized carbons (Fsp3) is 0.542. The van der Waals surface area contributed by atoms with E-state index in [9.17, 15) is 8.78 Å². The third-order valence-corrected chi connectivity index (χ3v) is 7.55. The van der Waals surface area contributed by atoms with E-state index in [1.165, 1.54) is 0 Å². The summed E-state index contributed by atoms with van der Waals surface area (Å²) in [6.45, 7) is 1.70. The summed E-state index contributed by atoms with van der Waals surface area (Å²) in [6.07, 6.45) is 6.14. The van der Waals surface area contributed by atoms with Gasteiger partial charge in [-0.25, -0.2) is 4.68 Å². The van der Waals surface area contributed by atoms with Crippen LogP contribution in [0.15, 0.2) is 36.0 Å². The van der Waals surface area contributed by atoms with Crippen molar-refractivity contribution in [3.05, 3.63) is 47.4 Å². The molecular formula is C24H30F2N6OS. The van der Waals surface area contributed by atoms with Gasteiger partial charge in [-0.3, -0.25) is 0 Å². The van der Waals surface area contributed by atoms with Gasteiger partial charge in [0.1, 0.15) is 16.6 Å². The number of benzene rings is 1. The molecule has 1 aliphatic carbocycles. The Balaban J connectivity index is 1.29. The molecule has 2 fully saturated rings. The number of hydrogen-bond acceptors (Lipinski definition) is 6. The predicted molar refractivity (Wildman–Crippen MR) is 130 cm³/mol. The SMILES string of the molecule is CC(N)=CC(=S)N1CC2CC[C@@H](C1)C2Nc1nc2n(n1)CCCC2c1ccc(OC(F)F)cc1. The quantitative estimate of drug-likeness (QED) is 0.468. The van der Waals surface area contributed by atoms with Gasteiger partial charge in [-0.1, -0.05) is 24.4 Å². The minimum absolute atomic E-state index is 0.0830. The predicted octanol–water partition coefficient (Wildman–Crippen LogP) is 4.12. The lowest BCUT2D eigenvalue weighted by Crippen LogP contribution is -2.49. The van der Waals surface area contributed by atoms with E-state index in [-0.39, 0.29) is 11.7 Å². The van der Waals surface area contributed by atoms with Gasteiger partial charge in [0.25, 0.3) is 0 Å². The van der Waals surface area contributed by atoms with Crippen molar-refractivity contribution >= 4 is 23.2 Å². The van der Waals surface area contributed by atoms with Crippen LogP contribution in [0, 0.1) is 11.8 Å².